The molecule has 0 spiro atoms. The number of benzene rings is 2. The summed E-state index contributed by atoms with van der Waals surface area (Å²) < 4.78 is 16.8. The Morgan fingerprint density at radius 2 is 2.05 bits per heavy atom. The van der Waals surface area contributed by atoms with Gasteiger partial charge in [-0.1, -0.05) is 6.07 Å². The summed E-state index contributed by atoms with van der Waals surface area (Å²) >= 11 is 5.42. The van der Waals surface area contributed by atoms with E-state index in [1.165, 1.54) is 6.07 Å². The van der Waals surface area contributed by atoms with Gasteiger partial charge in [-0.2, -0.15) is 0 Å². The van der Waals surface area contributed by atoms with Gasteiger partial charge in [0.25, 0.3) is 0 Å². The van der Waals surface area contributed by atoms with Crippen LogP contribution in [0.4, 0.5) is 10.3 Å². The fourth-order valence-corrected chi connectivity index (χ4v) is 2.84. The van der Waals surface area contributed by atoms with Crippen molar-refractivity contribution in [2.75, 3.05) is 5.73 Å². The number of halogens is 3. The number of imidazole rings is 1. The predicted molar refractivity (Wildman–Crippen MR) is 85.9 cm³/mol. The van der Waals surface area contributed by atoms with Gasteiger partial charge in [0.15, 0.2) is 0 Å². The standard InChI is InChI=1S/C13H8BrFIN3/c14-9-5-12-11(6-10(9)15)18-13(17)19(12)8-3-1-2-7(16)4-8/h1-6H,(H2,17,18). The van der Waals surface area contributed by atoms with Crippen molar-refractivity contribution in [3.63, 3.8) is 0 Å². The van der Waals surface area contributed by atoms with Crippen LogP contribution in [-0.4, -0.2) is 9.55 Å². The van der Waals surface area contributed by atoms with E-state index in [1.807, 2.05) is 28.8 Å². The number of hydrogen-bond donors (Lipinski definition) is 1. The quantitative estimate of drug-likeness (QED) is 0.589. The smallest absolute Gasteiger partial charge is 0.205 e. The maximum absolute atomic E-state index is 13.5. The Balaban J connectivity index is 2.34. The lowest BCUT2D eigenvalue weighted by atomic mass is 10.2. The Bertz CT molecular complexity index is 785. The Labute approximate surface area is 130 Å². The zero-order valence-corrected chi connectivity index (χ0v) is 13.3. The van der Waals surface area contributed by atoms with Gasteiger partial charge in [0.1, 0.15) is 5.82 Å². The fraction of sp³-hybridized carbons (Fsp3) is 0. The molecule has 6 heteroatoms. The second kappa shape index (κ2) is 4.75. The number of nitrogens with zero attached hydrogens (tertiary/aromatic N) is 2. The van der Waals surface area contributed by atoms with Gasteiger partial charge in [0.2, 0.25) is 5.95 Å². The number of nitrogen functional groups attached to an aromatic ring is 1. The molecule has 0 aliphatic carbocycles. The van der Waals surface area contributed by atoms with E-state index in [0.29, 0.717) is 15.9 Å². The normalized spacial score (nSPS) is 11.1. The van der Waals surface area contributed by atoms with Crippen LogP contribution in [0.25, 0.3) is 16.7 Å². The zero-order valence-electron chi connectivity index (χ0n) is 9.57. The molecule has 1 aromatic heterocycles. The number of hydrogen-bond acceptors (Lipinski definition) is 2. The number of fused-ring (bicyclic) bond motifs is 1. The van der Waals surface area contributed by atoms with Crippen LogP contribution in [0, 0.1) is 9.39 Å². The van der Waals surface area contributed by atoms with Crippen LogP contribution in [0.2, 0.25) is 0 Å². The highest BCUT2D eigenvalue weighted by Crippen LogP contribution is 2.28. The van der Waals surface area contributed by atoms with Crippen LogP contribution in [0.15, 0.2) is 40.9 Å². The minimum absolute atomic E-state index is 0.342. The molecule has 0 aliphatic heterocycles. The number of rotatable bonds is 1. The number of nitrogens with two attached hydrogens (primary N) is 1. The molecule has 19 heavy (non-hydrogen) atoms. The van der Waals surface area contributed by atoms with Gasteiger partial charge in [0, 0.05) is 9.64 Å². The van der Waals surface area contributed by atoms with E-state index >= 15 is 0 Å². The van der Waals surface area contributed by atoms with E-state index in [1.54, 1.807) is 6.07 Å². The average Bonchev–Trinajstić information content (AvgIpc) is 2.65. The lowest BCUT2D eigenvalue weighted by Crippen LogP contribution is -2.00. The Kier molecular flexibility index (Phi) is 3.22. The van der Waals surface area contributed by atoms with Crippen molar-refractivity contribution in [1.82, 2.24) is 9.55 Å². The van der Waals surface area contributed by atoms with E-state index in [9.17, 15) is 4.39 Å². The highest BCUT2D eigenvalue weighted by atomic mass is 127. The Morgan fingerprint density at radius 1 is 1.26 bits per heavy atom. The van der Waals surface area contributed by atoms with Crippen LogP contribution in [0.3, 0.4) is 0 Å². The number of anilines is 1. The maximum atomic E-state index is 13.5. The first kappa shape index (κ1) is 12.9. The molecular formula is C13H8BrFIN3. The summed E-state index contributed by atoms with van der Waals surface area (Å²) in [6, 6.07) is 10.9. The average molecular weight is 432 g/mol. The first-order valence-corrected chi connectivity index (χ1v) is 7.32. The SMILES string of the molecule is Nc1nc2cc(F)c(Br)cc2n1-c1cccc(I)c1. The van der Waals surface area contributed by atoms with Gasteiger partial charge >= 0.3 is 0 Å². The largest absolute Gasteiger partial charge is 0.369 e. The molecule has 2 N–H and O–H groups in total. The third-order valence-corrected chi connectivity index (χ3v) is 4.07. The van der Waals surface area contributed by atoms with Gasteiger partial charge in [-0.25, -0.2) is 9.37 Å². The minimum atomic E-state index is -0.347. The van der Waals surface area contributed by atoms with Gasteiger partial charge < -0.3 is 5.73 Å². The third kappa shape index (κ3) is 2.23. The minimum Gasteiger partial charge on any atom is -0.369 e. The molecule has 0 unspecified atom stereocenters. The van der Waals surface area contributed by atoms with E-state index in [0.717, 1.165) is 14.8 Å². The molecule has 0 fully saturated rings. The van der Waals surface area contributed by atoms with Gasteiger partial charge in [-0.05, 0) is 62.8 Å². The predicted octanol–water partition coefficient (Wildman–Crippen LogP) is 4.11. The number of aromatic nitrogens is 2. The Hall–Kier alpha value is -1.15. The topological polar surface area (TPSA) is 43.8 Å². The zero-order chi connectivity index (χ0) is 13.6. The molecule has 3 rings (SSSR count). The van der Waals surface area contributed by atoms with E-state index < -0.39 is 0 Å². The first-order chi connectivity index (χ1) is 9.06. The van der Waals surface area contributed by atoms with Crippen LogP contribution in [-0.2, 0) is 0 Å². The van der Waals surface area contributed by atoms with E-state index in [2.05, 4.69) is 43.5 Å². The van der Waals surface area contributed by atoms with Crippen molar-refractivity contribution in [2.24, 2.45) is 0 Å². The van der Waals surface area contributed by atoms with Crippen molar-refractivity contribution in [2.45, 2.75) is 0 Å². The molecule has 0 saturated carbocycles. The van der Waals surface area contributed by atoms with Crippen molar-refractivity contribution in [3.8, 4) is 5.69 Å². The van der Waals surface area contributed by atoms with Gasteiger partial charge in [0.05, 0.1) is 21.2 Å². The second-order valence-electron chi connectivity index (χ2n) is 4.04. The monoisotopic (exact) mass is 431 g/mol. The van der Waals surface area contributed by atoms with Crippen molar-refractivity contribution in [3.05, 3.63) is 50.3 Å². The summed E-state index contributed by atoms with van der Waals surface area (Å²) in [5.41, 5.74) is 8.17. The molecule has 2 aromatic carbocycles. The lowest BCUT2D eigenvalue weighted by molar-refractivity contribution is 0.623. The first-order valence-electron chi connectivity index (χ1n) is 5.45. The summed E-state index contributed by atoms with van der Waals surface area (Å²) in [4.78, 5) is 4.20. The molecule has 3 aromatic rings. The van der Waals surface area contributed by atoms with Crippen molar-refractivity contribution >= 4 is 55.5 Å². The summed E-state index contributed by atoms with van der Waals surface area (Å²) in [6.07, 6.45) is 0. The van der Waals surface area contributed by atoms with E-state index in [-0.39, 0.29) is 5.82 Å². The summed E-state index contributed by atoms with van der Waals surface area (Å²) in [6.45, 7) is 0. The summed E-state index contributed by atoms with van der Waals surface area (Å²) in [7, 11) is 0. The molecule has 96 valence electrons. The van der Waals surface area contributed by atoms with Crippen LogP contribution < -0.4 is 5.73 Å². The molecule has 0 bridgehead atoms. The molecule has 3 nitrogen and oxygen atoms in total. The van der Waals surface area contributed by atoms with Crippen molar-refractivity contribution in [1.29, 1.82) is 0 Å². The molecule has 1 heterocycles. The van der Waals surface area contributed by atoms with E-state index in [4.69, 9.17) is 5.73 Å². The Morgan fingerprint density at radius 3 is 2.79 bits per heavy atom. The van der Waals surface area contributed by atoms with Crippen molar-refractivity contribution < 1.29 is 4.39 Å². The summed E-state index contributed by atoms with van der Waals surface area (Å²) in [5.74, 6) is -0.00528. The molecule has 0 radical (unpaired) electrons. The molecule has 0 atom stereocenters. The summed E-state index contributed by atoms with van der Waals surface area (Å²) in [5, 5.41) is 0. The van der Waals surface area contributed by atoms with Crippen LogP contribution >= 0.6 is 38.5 Å². The molecule has 0 amide bonds. The molecular weight excluding hydrogens is 424 g/mol. The second-order valence-corrected chi connectivity index (χ2v) is 6.14. The van der Waals surface area contributed by atoms with Crippen LogP contribution in [0.5, 0.6) is 0 Å². The lowest BCUT2D eigenvalue weighted by Gasteiger charge is -2.07. The third-order valence-electron chi connectivity index (χ3n) is 2.79. The van der Waals surface area contributed by atoms with Crippen LogP contribution in [0.1, 0.15) is 0 Å². The fourth-order valence-electron chi connectivity index (χ4n) is 1.98. The molecule has 0 saturated heterocycles. The highest BCUT2D eigenvalue weighted by molar-refractivity contribution is 14.1. The molecule has 0 aliphatic rings. The maximum Gasteiger partial charge on any atom is 0.205 e. The van der Waals surface area contributed by atoms with Gasteiger partial charge in [-0.15, -0.1) is 0 Å². The van der Waals surface area contributed by atoms with Gasteiger partial charge in [-0.3, -0.25) is 4.57 Å². The highest BCUT2D eigenvalue weighted by Gasteiger charge is 2.13.